The molecule has 1 aliphatic rings. The lowest BCUT2D eigenvalue weighted by molar-refractivity contribution is 0.0724. The van der Waals surface area contributed by atoms with Crippen LogP contribution in [0.2, 0.25) is 0 Å². The molecule has 0 atom stereocenters. The molecular formula is C23H23N3O2. The van der Waals surface area contributed by atoms with Gasteiger partial charge in [-0.2, -0.15) is 0 Å². The highest BCUT2D eigenvalue weighted by molar-refractivity contribution is 5.95. The Kier molecular flexibility index (Phi) is 5.06. The SMILES string of the molecule is Cc1cc(-c2cc(-c3cccc(C(=O)N4CCCCC4)c3)ncn2)ccc1O. The van der Waals surface area contributed by atoms with Crippen molar-refractivity contribution in [2.45, 2.75) is 26.2 Å². The summed E-state index contributed by atoms with van der Waals surface area (Å²) in [7, 11) is 0. The van der Waals surface area contributed by atoms with Crippen molar-refractivity contribution in [3.8, 4) is 28.3 Å². The van der Waals surface area contributed by atoms with Gasteiger partial charge in [0.05, 0.1) is 11.4 Å². The molecule has 1 fully saturated rings. The van der Waals surface area contributed by atoms with Gasteiger partial charge in [-0.3, -0.25) is 4.79 Å². The van der Waals surface area contributed by atoms with Crippen LogP contribution in [-0.2, 0) is 0 Å². The summed E-state index contributed by atoms with van der Waals surface area (Å²) in [6.45, 7) is 3.53. The van der Waals surface area contributed by atoms with Gasteiger partial charge in [0.1, 0.15) is 12.1 Å². The topological polar surface area (TPSA) is 66.3 Å². The van der Waals surface area contributed by atoms with E-state index >= 15 is 0 Å². The van der Waals surface area contributed by atoms with Gasteiger partial charge in [-0.15, -0.1) is 0 Å². The van der Waals surface area contributed by atoms with Gasteiger partial charge in [0, 0.05) is 29.8 Å². The molecule has 1 aromatic heterocycles. The van der Waals surface area contributed by atoms with Crippen molar-refractivity contribution in [1.82, 2.24) is 14.9 Å². The highest BCUT2D eigenvalue weighted by atomic mass is 16.3. The van der Waals surface area contributed by atoms with Crippen molar-refractivity contribution in [2.75, 3.05) is 13.1 Å². The summed E-state index contributed by atoms with van der Waals surface area (Å²) in [6, 6.07) is 15.0. The van der Waals surface area contributed by atoms with Gasteiger partial charge < -0.3 is 10.0 Å². The first-order valence-electron chi connectivity index (χ1n) is 9.63. The Morgan fingerprint density at radius 1 is 0.929 bits per heavy atom. The minimum atomic E-state index is 0.0880. The van der Waals surface area contributed by atoms with Crippen LogP contribution in [0.5, 0.6) is 5.75 Å². The summed E-state index contributed by atoms with van der Waals surface area (Å²) in [5.41, 5.74) is 4.85. The van der Waals surface area contributed by atoms with Gasteiger partial charge in [-0.05, 0) is 68.1 Å². The predicted octanol–water partition coefficient (Wildman–Crippen LogP) is 4.45. The highest BCUT2D eigenvalue weighted by Crippen LogP contribution is 2.27. The second-order valence-electron chi connectivity index (χ2n) is 7.22. The molecule has 1 amide bonds. The molecule has 4 rings (SSSR count). The average Bonchev–Trinajstić information content (AvgIpc) is 2.76. The Morgan fingerprint density at radius 2 is 1.64 bits per heavy atom. The lowest BCUT2D eigenvalue weighted by atomic mass is 10.0. The number of carbonyl (C=O) groups excluding carboxylic acids is 1. The van der Waals surface area contributed by atoms with Crippen LogP contribution in [0, 0.1) is 6.92 Å². The third-order valence-corrected chi connectivity index (χ3v) is 5.21. The van der Waals surface area contributed by atoms with E-state index in [2.05, 4.69) is 9.97 Å². The third kappa shape index (κ3) is 3.74. The fraction of sp³-hybridized carbons (Fsp3) is 0.261. The molecule has 0 bridgehead atoms. The molecule has 2 aromatic carbocycles. The van der Waals surface area contributed by atoms with Crippen molar-refractivity contribution >= 4 is 5.91 Å². The number of phenolic OH excluding ortho intramolecular Hbond substituents is 1. The molecule has 28 heavy (non-hydrogen) atoms. The number of aryl methyl sites for hydroxylation is 1. The summed E-state index contributed by atoms with van der Waals surface area (Å²) in [4.78, 5) is 23.5. The van der Waals surface area contributed by atoms with Crippen molar-refractivity contribution < 1.29 is 9.90 Å². The summed E-state index contributed by atoms with van der Waals surface area (Å²) in [6.07, 6.45) is 4.88. The Morgan fingerprint density at radius 3 is 2.36 bits per heavy atom. The van der Waals surface area contributed by atoms with Crippen LogP contribution in [0.3, 0.4) is 0 Å². The van der Waals surface area contributed by atoms with Crippen LogP contribution in [-0.4, -0.2) is 39.0 Å². The second kappa shape index (κ2) is 7.80. The minimum absolute atomic E-state index is 0.0880. The van der Waals surface area contributed by atoms with E-state index in [1.165, 1.54) is 12.7 Å². The Bertz CT molecular complexity index is 1010. The van der Waals surface area contributed by atoms with E-state index in [4.69, 9.17) is 0 Å². The lowest BCUT2D eigenvalue weighted by Gasteiger charge is -2.26. The van der Waals surface area contributed by atoms with Gasteiger partial charge in [-0.25, -0.2) is 9.97 Å². The maximum absolute atomic E-state index is 12.8. The van der Waals surface area contributed by atoms with Crippen LogP contribution < -0.4 is 0 Å². The van der Waals surface area contributed by atoms with E-state index in [9.17, 15) is 9.90 Å². The third-order valence-electron chi connectivity index (χ3n) is 5.21. The van der Waals surface area contributed by atoms with Crippen molar-refractivity contribution in [1.29, 1.82) is 0 Å². The second-order valence-corrected chi connectivity index (χ2v) is 7.22. The number of aromatic hydroxyl groups is 1. The van der Waals surface area contributed by atoms with Gasteiger partial charge in [-0.1, -0.05) is 12.1 Å². The average molecular weight is 373 g/mol. The van der Waals surface area contributed by atoms with E-state index in [0.717, 1.165) is 54.0 Å². The first-order valence-corrected chi connectivity index (χ1v) is 9.63. The Hall–Kier alpha value is -3.21. The number of hydrogen-bond acceptors (Lipinski definition) is 4. The molecule has 1 N–H and O–H groups in total. The first kappa shape index (κ1) is 18.2. The normalized spacial score (nSPS) is 14.1. The van der Waals surface area contributed by atoms with Gasteiger partial charge >= 0.3 is 0 Å². The Labute approximate surface area is 164 Å². The zero-order valence-corrected chi connectivity index (χ0v) is 15.9. The molecule has 0 radical (unpaired) electrons. The number of likely N-dealkylation sites (tertiary alicyclic amines) is 1. The van der Waals surface area contributed by atoms with E-state index in [0.29, 0.717) is 5.56 Å². The van der Waals surface area contributed by atoms with Crippen LogP contribution in [0.4, 0.5) is 0 Å². The number of aromatic nitrogens is 2. The molecule has 142 valence electrons. The van der Waals surface area contributed by atoms with Crippen molar-refractivity contribution in [3.63, 3.8) is 0 Å². The molecule has 0 aliphatic carbocycles. The van der Waals surface area contributed by atoms with Gasteiger partial charge in [0.2, 0.25) is 0 Å². The number of amides is 1. The van der Waals surface area contributed by atoms with E-state index in [-0.39, 0.29) is 11.7 Å². The summed E-state index contributed by atoms with van der Waals surface area (Å²) in [5.74, 6) is 0.354. The number of phenols is 1. The predicted molar refractivity (Wildman–Crippen MR) is 109 cm³/mol. The molecule has 3 aromatic rings. The molecule has 0 unspecified atom stereocenters. The number of nitrogens with zero attached hydrogens (tertiary/aromatic N) is 3. The van der Waals surface area contributed by atoms with Crippen LogP contribution in [0.15, 0.2) is 54.9 Å². The van der Waals surface area contributed by atoms with Gasteiger partial charge in [0.15, 0.2) is 0 Å². The van der Waals surface area contributed by atoms with Crippen LogP contribution >= 0.6 is 0 Å². The molecule has 1 aliphatic heterocycles. The van der Waals surface area contributed by atoms with Crippen molar-refractivity contribution in [3.05, 3.63) is 66.0 Å². The zero-order chi connectivity index (χ0) is 19.5. The quantitative estimate of drug-likeness (QED) is 0.736. The number of rotatable bonds is 3. The molecule has 2 heterocycles. The lowest BCUT2D eigenvalue weighted by Crippen LogP contribution is -2.35. The fourth-order valence-corrected chi connectivity index (χ4v) is 3.58. The first-order chi connectivity index (χ1) is 13.6. The van der Waals surface area contributed by atoms with E-state index in [1.54, 1.807) is 6.07 Å². The van der Waals surface area contributed by atoms with Gasteiger partial charge in [0.25, 0.3) is 5.91 Å². The number of benzene rings is 2. The number of carbonyl (C=O) groups is 1. The van der Waals surface area contributed by atoms with Crippen molar-refractivity contribution in [2.24, 2.45) is 0 Å². The Balaban J connectivity index is 1.64. The van der Waals surface area contributed by atoms with Crippen LogP contribution in [0.25, 0.3) is 22.5 Å². The number of hydrogen-bond donors (Lipinski definition) is 1. The highest BCUT2D eigenvalue weighted by Gasteiger charge is 2.18. The monoisotopic (exact) mass is 373 g/mol. The standard InChI is InChI=1S/C23H23N3O2/c1-16-12-18(8-9-22(16)27)21-14-20(24-15-25-21)17-6-5-7-19(13-17)23(28)26-10-3-2-4-11-26/h5-9,12-15,27H,2-4,10-11H2,1H3. The maximum atomic E-state index is 12.8. The molecule has 5 heteroatoms. The summed E-state index contributed by atoms with van der Waals surface area (Å²) >= 11 is 0. The van der Waals surface area contributed by atoms with E-state index in [1.807, 2.05) is 54.3 Å². The maximum Gasteiger partial charge on any atom is 0.253 e. The summed E-state index contributed by atoms with van der Waals surface area (Å²) in [5, 5.41) is 9.74. The molecule has 0 saturated carbocycles. The molecule has 1 saturated heterocycles. The molecule has 5 nitrogen and oxygen atoms in total. The smallest absolute Gasteiger partial charge is 0.253 e. The molecular weight excluding hydrogens is 350 g/mol. The fourth-order valence-electron chi connectivity index (χ4n) is 3.58. The number of piperidine rings is 1. The van der Waals surface area contributed by atoms with E-state index < -0.39 is 0 Å². The summed E-state index contributed by atoms with van der Waals surface area (Å²) < 4.78 is 0. The largest absolute Gasteiger partial charge is 0.508 e. The zero-order valence-electron chi connectivity index (χ0n) is 15.9. The molecule has 0 spiro atoms. The van der Waals surface area contributed by atoms with Crippen LogP contribution in [0.1, 0.15) is 35.2 Å². The minimum Gasteiger partial charge on any atom is -0.508 e.